The van der Waals surface area contributed by atoms with Gasteiger partial charge in [-0.2, -0.15) is 0 Å². The molecule has 1 saturated heterocycles. The van der Waals surface area contributed by atoms with E-state index in [-0.39, 0.29) is 55.7 Å². The van der Waals surface area contributed by atoms with Crippen LogP contribution in [0.15, 0.2) is 24.3 Å². The third kappa shape index (κ3) is 9.52. The Bertz CT molecular complexity index is 1280. The second-order valence-electron chi connectivity index (χ2n) is 12.7. The summed E-state index contributed by atoms with van der Waals surface area (Å²) in [6.45, 7) is 15.9. The third-order valence-corrected chi connectivity index (χ3v) is 7.52. The van der Waals surface area contributed by atoms with Gasteiger partial charge in [0, 0.05) is 37.7 Å². The Labute approximate surface area is 258 Å². The van der Waals surface area contributed by atoms with E-state index in [1.165, 1.54) is 17.0 Å². The van der Waals surface area contributed by atoms with Gasteiger partial charge in [0.05, 0.1) is 36.3 Å². The van der Waals surface area contributed by atoms with Crippen molar-refractivity contribution in [3.63, 3.8) is 0 Å². The number of amides is 2. The maximum atomic E-state index is 13.3. The number of aromatic nitrogens is 3. The van der Waals surface area contributed by atoms with E-state index in [9.17, 15) is 23.2 Å². The number of benzene rings is 1. The van der Waals surface area contributed by atoms with E-state index >= 15 is 0 Å². The number of aryl methyl sites for hydroxylation is 1. The van der Waals surface area contributed by atoms with E-state index < -0.39 is 30.1 Å². The zero-order chi connectivity index (χ0) is 32.8. The fraction of sp³-hybridized carbons (Fsp3) is 0.645. The Morgan fingerprint density at radius 2 is 1.73 bits per heavy atom. The first kappa shape index (κ1) is 35.0. The normalized spacial score (nSPS) is 17.5. The Hall–Kier alpha value is -3.45. The second kappa shape index (κ2) is 15.0. The van der Waals surface area contributed by atoms with Gasteiger partial charge in [-0.1, -0.05) is 31.2 Å². The molecule has 2 amide bonds. The van der Waals surface area contributed by atoms with Crippen molar-refractivity contribution in [1.82, 2.24) is 30.1 Å². The van der Waals surface area contributed by atoms with E-state index in [1.807, 2.05) is 27.7 Å². The van der Waals surface area contributed by atoms with E-state index in [1.54, 1.807) is 44.5 Å². The summed E-state index contributed by atoms with van der Waals surface area (Å²) in [4.78, 5) is 42.2. The molecule has 11 nitrogen and oxygen atoms in total. The lowest BCUT2D eigenvalue weighted by Crippen LogP contribution is -2.63. The number of ether oxygens (including phenoxy) is 2. The quantitative estimate of drug-likeness (QED) is 0.370. The van der Waals surface area contributed by atoms with Crippen LogP contribution in [0.2, 0.25) is 0 Å². The largest absolute Gasteiger partial charge is 0.444 e. The van der Waals surface area contributed by atoms with Crippen LogP contribution in [0.4, 0.5) is 13.6 Å². The molecule has 0 saturated carbocycles. The van der Waals surface area contributed by atoms with Gasteiger partial charge in [0.2, 0.25) is 5.91 Å². The van der Waals surface area contributed by atoms with Gasteiger partial charge in [-0.3, -0.25) is 19.4 Å². The highest BCUT2D eigenvalue weighted by Crippen LogP contribution is 2.23. The Morgan fingerprint density at radius 3 is 2.32 bits per heavy atom. The summed E-state index contributed by atoms with van der Waals surface area (Å²) in [7, 11) is 0. The molecule has 0 spiro atoms. The van der Waals surface area contributed by atoms with Crippen molar-refractivity contribution in [2.24, 2.45) is 5.92 Å². The summed E-state index contributed by atoms with van der Waals surface area (Å²) >= 11 is 0. The highest BCUT2D eigenvalue weighted by molar-refractivity contribution is 5.90. The summed E-state index contributed by atoms with van der Waals surface area (Å²) in [6, 6.07) is 4.84. The number of nitrogens with one attached hydrogen (secondary N) is 1. The number of hydrogen-bond acceptors (Lipinski definition) is 8. The van der Waals surface area contributed by atoms with Crippen molar-refractivity contribution in [3.8, 4) is 5.69 Å². The molecule has 1 aromatic carbocycles. The lowest BCUT2D eigenvalue weighted by Gasteiger charge is -2.44. The minimum absolute atomic E-state index is 0.0748. The summed E-state index contributed by atoms with van der Waals surface area (Å²) in [5, 5.41) is 11.0. The fourth-order valence-electron chi connectivity index (χ4n) is 4.93. The van der Waals surface area contributed by atoms with Gasteiger partial charge in [0.25, 0.3) is 6.43 Å². The van der Waals surface area contributed by atoms with Crippen LogP contribution in [0.25, 0.3) is 5.69 Å². The van der Waals surface area contributed by atoms with Crippen molar-refractivity contribution < 1.29 is 32.6 Å². The van der Waals surface area contributed by atoms with E-state index in [0.29, 0.717) is 30.0 Å². The lowest BCUT2D eigenvalue weighted by atomic mass is 10.1. The lowest BCUT2D eigenvalue weighted by molar-refractivity contribution is -0.132. The van der Waals surface area contributed by atoms with Crippen LogP contribution in [0.3, 0.4) is 0 Å². The molecule has 0 radical (unpaired) electrons. The average Bonchev–Trinajstić information content (AvgIpc) is 3.32. The molecule has 2 aromatic rings. The van der Waals surface area contributed by atoms with Gasteiger partial charge >= 0.3 is 6.09 Å². The number of hydrogen-bond donors (Lipinski definition) is 1. The zero-order valence-electron chi connectivity index (χ0n) is 27.0. The minimum atomic E-state index is -2.56. The van der Waals surface area contributed by atoms with Crippen LogP contribution >= 0.6 is 0 Å². The topological polar surface area (TPSA) is 119 Å². The Morgan fingerprint density at radius 1 is 1.07 bits per heavy atom. The van der Waals surface area contributed by atoms with Crippen LogP contribution in [-0.4, -0.2) is 92.5 Å². The molecule has 3 rings (SSSR count). The first-order chi connectivity index (χ1) is 20.6. The van der Waals surface area contributed by atoms with Crippen LogP contribution in [0.1, 0.15) is 78.3 Å². The van der Waals surface area contributed by atoms with E-state index in [2.05, 4.69) is 20.5 Å². The summed E-state index contributed by atoms with van der Waals surface area (Å²) in [6.07, 6.45) is -3.09. The number of rotatable bonds is 12. The highest BCUT2D eigenvalue weighted by atomic mass is 19.3. The molecular weight excluding hydrogens is 574 g/mol. The SMILES string of the molecule is Cc1nnn(-c2ccc(C(F)F)cc2)c1COC(C)[C@@H](C)N1CCN(C(=O)OC(C)(C)C)[C@H](C(=O)NCC(=O)CC(C)C)C1. The number of Topliss-reactive ketones (excluding diaryl/α,β-unsaturated/α-hetero) is 1. The second-order valence-corrected chi connectivity index (χ2v) is 12.7. The average molecular weight is 621 g/mol. The molecular formula is C31H46F2N6O5. The molecule has 1 aliphatic rings. The van der Waals surface area contributed by atoms with Crippen molar-refractivity contribution in [2.75, 3.05) is 26.2 Å². The molecule has 0 aliphatic carbocycles. The molecule has 13 heteroatoms. The monoisotopic (exact) mass is 620 g/mol. The summed E-state index contributed by atoms with van der Waals surface area (Å²) in [5.41, 5.74) is 1.12. The van der Waals surface area contributed by atoms with Crippen LogP contribution < -0.4 is 5.32 Å². The third-order valence-electron chi connectivity index (χ3n) is 7.52. The maximum Gasteiger partial charge on any atom is 0.411 e. The van der Waals surface area contributed by atoms with Crippen molar-refractivity contribution >= 4 is 17.8 Å². The summed E-state index contributed by atoms with van der Waals surface area (Å²) < 4.78 is 39.4. The fourth-order valence-corrected chi connectivity index (χ4v) is 4.93. The van der Waals surface area contributed by atoms with Crippen molar-refractivity contribution in [3.05, 3.63) is 41.2 Å². The highest BCUT2D eigenvalue weighted by Gasteiger charge is 2.39. The van der Waals surface area contributed by atoms with Crippen LogP contribution in [0, 0.1) is 12.8 Å². The maximum absolute atomic E-state index is 13.3. The molecule has 0 bridgehead atoms. The number of piperazine rings is 1. The minimum Gasteiger partial charge on any atom is -0.444 e. The van der Waals surface area contributed by atoms with Crippen molar-refractivity contribution in [2.45, 2.75) is 98.6 Å². The van der Waals surface area contributed by atoms with Gasteiger partial charge in [-0.25, -0.2) is 18.3 Å². The number of ketones is 1. The number of halogens is 2. The molecule has 44 heavy (non-hydrogen) atoms. The summed E-state index contributed by atoms with van der Waals surface area (Å²) in [5.74, 6) is -0.314. The molecule has 1 aliphatic heterocycles. The van der Waals surface area contributed by atoms with Crippen molar-refractivity contribution in [1.29, 1.82) is 0 Å². The molecule has 3 atom stereocenters. The molecule has 1 N–H and O–H groups in total. The van der Waals surface area contributed by atoms with Gasteiger partial charge in [-0.15, -0.1) is 5.10 Å². The van der Waals surface area contributed by atoms with Gasteiger partial charge in [0.15, 0.2) is 5.78 Å². The number of alkyl halides is 2. The van der Waals surface area contributed by atoms with E-state index in [0.717, 1.165) is 0 Å². The predicted octanol–water partition coefficient (Wildman–Crippen LogP) is 4.46. The Kier molecular flexibility index (Phi) is 12.0. The molecule has 1 aromatic heterocycles. The molecule has 1 unspecified atom stereocenters. The number of nitrogens with zero attached hydrogens (tertiary/aromatic N) is 5. The standard InChI is InChI=1S/C31H46F2N6O5/c1-19(2)15-25(40)16-34-29(41)26-17-37(13-14-38(26)30(42)44-31(6,7)8)21(4)22(5)43-18-27-20(3)35-36-39(27)24-11-9-23(10-12-24)28(32)33/h9-12,19,21-22,26,28H,13-18H2,1-8H3,(H,34,41)/t21-,22?,26+/m1/s1. The van der Waals surface area contributed by atoms with E-state index in [4.69, 9.17) is 9.47 Å². The van der Waals surface area contributed by atoms with Gasteiger partial charge in [-0.05, 0) is 59.6 Å². The van der Waals surface area contributed by atoms with Gasteiger partial charge < -0.3 is 14.8 Å². The van der Waals surface area contributed by atoms with Crippen LogP contribution in [-0.2, 0) is 25.7 Å². The zero-order valence-corrected chi connectivity index (χ0v) is 27.0. The van der Waals surface area contributed by atoms with Crippen LogP contribution in [0.5, 0.6) is 0 Å². The molecule has 244 valence electrons. The smallest absolute Gasteiger partial charge is 0.411 e. The molecule has 1 fully saturated rings. The number of carbonyl (C=O) groups is 3. The Balaban J connectivity index is 1.69. The predicted molar refractivity (Wildman–Crippen MR) is 161 cm³/mol. The first-order valence-corrected chi connectivity index (χ1v) is 15.0. The number of carbonyl (C=O) groups excluding carboxylic acids is 3. The van der Waals surface area contributed by atoms with Gasteiger partial charge in [0.1, 0.15) is 11.6 Å². The first-order valence-electron chi connectivity index (χ1n) is 15.0. The molecule has 2 heterocycles.